The van der Waals surface area contributed by atoms with Gasteiger partial charge in [0.15, 0.2) is 5.82 Å². The number of nitrogens with one attached hydrogen (secondary N) is 3. The molecule has 3 aromatic rings. The first-order valence-electron chi connectivity index (χ1n) is 13.4. The van der Waals surface area contributed by atoms with E-state index in [4.69, 9.17) is 0 Å². The molecule has 38 heavy (non-hydrogen) atoms. The Morgan fingerprint density at radius 2 is 1.89 bits per heavy atom. The van der Waals surface area contributed by atoms with Crippen LogP contribution in [0, 0.1) is 11.7 Å². The Kier molecular flexibility index (Phi) is 7.44. The Labute approximate surface area is 221 Å². The summed E-state index contributed by atoms with van der Waals surface area (Å²) >= 11 is 0. The molecule has 8 nitrogen and oxygen atoms in total. The van der Waals surface area contributed by atoms with Gasteiger partial charge in [-0.1, -0.05) is 36.4 Å². The lowest BCUT2D eigenvalue weighted by Crippen LogP contribution is -2.52. The number of hydrogen-bond donors (Lipinski definition) is 3. The minimum atomic E-state index is -1.02. The summed E-state index contributed by atoms with van der Waals surface area (Å²) in [6.45, 7) is 4.40. The van der Waals surface area contributed by atoms with Crippen LogP contribution in [0.25, 0.3) is 11.0 Å². The lowest BCUT2D eigenvalue weighted by molar-refractivity contribution is -0.138. The Hall–Kier alpha value is -3.75. The van der Waals surface area contributed by atoms with Gasteiger partial charge in [0, 0.05) is 18.5 Å². The van der Waals surface area contributed by atoms with E-state index in [0.29, 0.717) is 24.3 Å². The van der Waals surface area contributed by atoms with Gasteiger partial charge >= 0.3 is 0 Å². The molecule has 2 aromatic carbocycles. The number of halogens is 1. The normalized spacial score (nSPS) is 22.5. The molecule has 0 spiro atoms. The van der Waals surface area contributed by atoms with Crippen molar-refractivity contribution in [2.75, 3.05) is 6.54 Å². The molecule has 2 aliphatic rings. The molecular formula is C29H34FN5O3. The summed E-state index contributed by atoms with van der Waals surface area (Å²) in [5.41, 5.74) is 1.82. The lowest BCUT2D eigenvalue weighted by Gasteiger charge is -2.34. The monoisotopic (exact) mass is 519 g/mol. The molecule has 1 aromatic heterocycles. The van der Waals surface area contributed by atoms with Gasteiger partial charge < -0.3 is 20.5 Å². The summed E-state index contributed by atoms with van der Waals surface area (Å²) < 4.78 is 14.1. The zero-order valence-electron chi connectivity index (χ0n) is 21.7. The van der Waals surface area contributed by atoms with E-state index in [1.807, 2.05) is 42.2 Å². The number of amides is 3. The van der Waals surface area contributed by atoms with E-state index in [0.717, 1.165) is 24.8 Å². The number of H-pyrrole nitrogens is 1. The minimum absolute atomic E-state index is 0.103. The molecule has 1 aliphatic heterocycles. The molecule has 1 saturated heterocycles. The summed E-state index contributed by atoms with van der Waals surface area (Å²) in [5, 5.41) is 5.73. The number of rotatable bonds is 8. The van der Waals surface area contributed by atoms with E-state index in [1.54, 1.807) is 19.1 Å². The first-order chi connectivity index (χ1) is 18.3. The molecule has 1 saturated carbocycles. The van der Waals surface area contributed by atoms with E-state index in [-0.39, 0.29) is 41.6 Å². The van der Waals surface area contributed by atoms with Crippen LogP contribution in [0.5, 0.6) is 0 Å². The maximum absolute atomic E-state index is 14.1. The fraction of sp³-hybridized carbons (Fsp3) is 0.448. The van der Waals surface area contributed by atoms with Gasteiger partial charge in [-0.2, -0.15) is 0 Å². The van der Waals surface area contributed by atoms with Gasteiger partial charge in [0.2, 0.25) is 17.7 Å². The molecule has 3 N–H and O–H groups in total. The topological polar surface area (TPSA) is 107 Å². The smallest absolute Gasteiger partial charge is 0.243 e. The van der Waals surface area contributed by atoms with Crippen LogP contribution in [0.15, 0.2) is 48.5 Å². The Balaban J connectivity index is 1.29. The van der Waals surface area contributed by atoms with Crippen molar-refractivity contribution >= 4 is 28.8 Å². The third-order valence-corrected chi connectivity index (χ3v) is 7.74. The van der Waals surface area contributed by atoms with Crippen LogP contribution in [0.1, 0.15) is 69.3 Å². The van der Waals surface area contributed by atoms with Crippen LogP contribution >= 0.6 is 0 Å². The van der Waals surface area contributed by atoms with Gasteiger partial charge in [-0.25, -0.2) is 9.37 Å². The summed E-state index contributed by atoms with van der Waals surface area (Å²) in [5.74, 6) is -1.02. The first-order valence-corrected chi connectivity index (χ1v) is 13.4. The van der Waals surface area contributed by atoms with E-state index in [2.05, 4.69) is 20.6 Å². The number of fused-ring (bicyclic) bond motifs is 1. The molecule has 9 heteroatoms. The number of benzene rings is 2. The zero-order chi connectivity index (χ0) is 26.8. The molecule has 200 valence electrons. The average Bonchev–Trinajstić information content (AvgIpc) is 3.59. The number of carbonyl (C=O) groups excluding carboxylic acids is 3. The maximum Gasteiger partial charge on any atom is 0.243 e. The van der Waals surface area contributed by atoms with E-state index < -0.39 is 23.8 Å². The number of para-hydroxylation sites is 1. The third-order valence-electron chi connectivity index (χ3n) is 7.74. The zero-order valence-corrected chi connectivity index (χ0v) is 21.7. The van der Waals surface area contributed by atoms with Crippen molar-refractivity contribution in [3.8, 4) is 0 Å². The van der Waals surface area contributed by atoms with Gasteiger partial charge in [0.1, 0.15) is 17.4 Å². The number of nitrogens with zero attached hydrogens (tertiary/aromatic N) is 2. The SMILES string of the molecule is CC(NC(=O)C(CC(=O)N1CCCC[C@@H]1C)NC(=O)[C@H]1C[C@@H]1c1ccccc1)c1nc2c(F)cccc2[nH]1. The standard InChI is InChI=1S/C29H34FN5O3/c1-17-9-6-7-14-35(17)25(36)16-24(33-28(37)21-15-20(21)19-10-4-3-5-11-19)29(38)31-18(2)27-32-23-13-8-12-22(30)26(23)34-27/h3-5,8,10-13,17-18,20-21,24H,6-7,9,14-16H2,1-2H3,(H,31,38)(H,32,34)(H,33,37)/t17-,18?,20+,21-,24?/m0/s1. The average molecular weight is 520 g/mol. The van der Waals surface area contributed by atoms with Crippen LogP contribution in [-0.4, -0.2) is 51.2 Å². The molecule has 2 heterocycles. The summed E-state index contributed by atoms with van der Waals surface area (Å²) in [7, 11) is 0. The van der Waals surface area contributed by atoms with Crippen LogP contribution < -0.4 is 10.6 Å². The Morgan fingerprint density at radius 3 is 2.63 bits per heavy atom. The second-order valence-corrected chi connectivity index (χ2v) is 10.5. The fourth-order valence-electron chi connectivity index (χ4n) is 5.41. The van der Waals surface area contributed by atoms with Crippen molar-refractivity contribution in [2.24, 2.45) is 5.92 Å². The number of piperidine rings is 1. The van der Waals surface area contributed by atoms with Crippen molar-refractivity contribution in [3.05, 3.63) is 65.7 Å². The highest BCUT2D eigenvalue weighted by molar-refractivity contribution is 5.93. The van der Waals surface area contributed by atoms with E-state index in [1.165, 1.54) is 6.07 Å². The van der Waals surface area contributed by atoms with Gasteiger partial charge in [0.25, 0.3) is 0 Å². The number of aromatic nitrogens is 2. The van der Waals surface area contributed by atoms with Gasteiger partial charge in [-0.05, 0) is 63.1 Å². The number of likely N-dealkylation sites (tertiary alicyclic amines) is 1. The predicted octanol–water partition coefficient (Wildman–Crippen LogP) is 3.96. The molecular weight excluding hydrogens is 485 g/mol. The number of aromatic amines is 1. The van der Waals surface area contributed by atoms with E-state index >= 15 is 0 Å². The van der Waals surface area contributed by atoms with Gasteiger partial charge in [0.05, 0.1) is 18.0 Å². The third kappa shape index (κ3) is 5.56. The number of carbonyl (C=O) groups is 3. The Morgan fingerprint density at radius 1 is 1.11 bits per heavy atom. The maximum atomic E-state index is 14.1. The summed E-state index contributed by atoms with van der Waals surface area (Å²) in [6, 6.07) is 13.0. The minimum Gasteiger partial charge on any atom is -0.345 e. The van der Waals surface area contributed by atoms with Crippen molar-refractivity contribution in [1.29, 1.82) is 0 Å². The highest BCUT2D eigenvalue weighted by Gasteiger charge is 2.45. The highest BCUT2D eigenvalue weighted by Crippen LogP contribution is 2.47. The van der Waals surface area contributed by atoms with Crippen molar-refractivity contribution in [1.82, 2.24) is 25.5 Å². The molecule has 3 amide bonds. The summed E-state index contributed by atoms with van der Waals surface area (Å²) in [4.78, 5) is 49.0. The molecule has 2 unspecified atom stereocenters. The molecule has 5 atom stereocenters. The summed E-state index contributed by atoms with van der Waals surface area (Å²) in [6.07, 6.45) is 3.52. The number of hydrogen-bond acceptors (Lipinski definition) is 4. The van der Waals surface area contributed by atoms with Crippen LogP contribution in [0.4, 0.5) is 4.39 Å². The highest BCUT2D eigenvalue weighted by atomic mass is 19.1. The molecule has 2 fully saturated rings. The van der Waals surface area contributed by atoms with Crippen LogP contribution in [-0.2, 0) is 14.4 Å². The lowest BCUT2D eigenvalue weighted by atomic mass is 10.0. The van der Waals surface area contributed by atoms with Crippen molar-refractivity contribution < 1.29 is 18.8 Å². The fourth-order valence-corrected chi connectivity index (χ4v) is 5.41. The van der Waals surface area contributed by atoms with Crippen LogP contribution in [0.3, 0.4) is 0 Å². The quantitative estimate of drug-likeness (QED) is 0.419. The number of imidazole rings is 1. The molecule has 1 aliphatic carbocycles. The first kappa shape index (κ1) is 25.9. The largest absolute Gasteiger partial charge is 0.345 e. The van der Waals surface area contributed by atoms with Gasteiger partial charge in [-0.15, -0.1) is 0 Å². The second kappa shape index (κ2) is 10.9. The second-order valence-electron chi connectivity index (χ2n) is 10.5. The van der Waals surface area contributed by atoms with E-state index in [9.17, 15) is 18.8 Å². The molecule has 0 bridgehead atoms. The van der Waals surface area contributed by atoms with Crippen LogP contribution in [0.2, 0.25) is 0 Å². The van der Waals surface area contributed by atoms with Crippen molar-refractivity contribution in [2.45, 2.75) is 70.0 Å². The molecule has 0 radical (unpaired) electrons. The molecule has 5 rings (SSSR count). The Bertz CT molecular complexity index is 1330. The predicted molar refractivity (Wildman–Crippen MR) is 141 cm³/mol. The van der Waals surface area contributed by atoms with Crippen molar-refractivity contribution in [3.63, 3.8) is 0 Å². The van der Waals surface area contributed by atoms with Gasteiger partial charge in [-0.3, -0.25) is 14.4 Å².